The fourth-order valence-corrected chi connectivity index (χ4v) is 2.19. The maximum atomic E-state index is 12.0. The fraction of sp³-hybridized carbons (Fsp3) is 0.263. The molecule has 0 saturated heterocycles. The summed E-state index contributed by atoms with van der Waals surface area (Å²) in [5.41, 5.74) is 8.31. The molecule has 0 heterocycles. The highest BCUT2D eigenvalue weighted by atomic mass is 16.5. The molecule has 0 aliphatic heterocycles. The van der Waals surface area contributed by atoms with Crippen LogP contribution in [0.4, 0.5) is 5.69 Å². The number of ether oxygens (including phenoxy) is 1. The van der Waals surface area contributed by atoms with Crippen molar-refractivity contribution in [3.63, 3.8) is 0 Å². The van der Waals surface area contributed by atoms with Gasteiger partial charge >= 0.3 is 0 Å². The molecule has 2 aromatic carbocycles. The van der Waals surface area contributed by atoms with Crippen molar-refractivity contribution in [2.45, 2.75) is 26.7 Å². The van der Waals surface area contributed by atoms with E-state index in [1.807, 2.05) is 19.1 Å². The molecule has 2 aromatic rings. The van der Waals surface area contributed by atoms with E-state index in [0.717, 1.165) is 11.1 Å². The number of primary amides is 1. The van der Waals surface area contributed by atoms with Gasteiger partial charge in [0, 0.05) is 11.3 Å². The van der Waals surface area contributed by atoms with Crippen LogP contribution in [0.3, 0.4) is 0 Å². The van der Waals surface area contributed by atoms with Crippen molar-refractivity contribution in [2.75, 3.05) is 11.9 Å². The molecular weight excluding hydrogens is 304 g/mol. The number of hydrogen-bond donors (Lipinski definition) is 2. The van der Waals surface area contributed by atoms with Crippen LogP contribution in [0.2, 0.25) is 0 Å². The quantitative estimate of drug-likeness (QED) is 0.855. The number of rotatable bonds is 6. The van der Waals surface area contributed by atoms with Crippen LogP contribution >= 0.6 is 0 Å². The summed E-state index contributed by atoms with van der Waals surface area (Å²) in [6, 6.07) is 12.4. The Morgan fingerprint density at radius 1 is 1.12 bits per heavy atom. The van der Waals surface area contributed by atoms with Gasteiger partial charge in [0.05, 0.1) is 0 Å². The molecule has 0 aliphatic rings. The Labute approximate surface area is 141 Å². The zero-order chi connectivity index (χ0) is 17.7. The van der Waals surface area contributed by atoms with Gasteiger partial charge in [-0.05, 0) is 54.3 Å². The van der Waals surface area contributed by atoms with E-state index >= 15 is 0 Å². The molecule has 0 aromatic heterocycles. The van der Waals surface area contributed by atoms with Crippen molar-refractivity contribution in [3.05, 3.63) is 59.2 Å². The third-order valence-electron chi connectivity index (χ3n) is 3.69. The largest absolute Gasteiger partial charge is 0.483 e. The lowest BCUT2D eigenvalue weighted by molar-refractivity contribution is -0.118. The van der Waals surface area contributed by atoms with E-state index in [9.17, 15) is 9.59 Å². The van der Waals surface area contributed by atoms with Gasteiger partial charge in [0.15, 0.2) is 6.61 Å². The lowest BCUT2D eigenvalue weighted by Crippen LogP contribution is -2.20. The minimum atomic E-state index is -0.503. The van der Waals surface area contributed by atoms with E-state index in [0.29, 0.717) is 22.9 Å². The molecule has 126 valence electrons. The number of aryl methyl sites for hydroxylation is 1. The molecular formula is C19H22N2O3. The fourth-order valence-electron chi connectivity index (χ4n) is 2.19. The summed E-state index contributed by atoms with van der Waals surface area (Å²) < 4.78 is 5.64. The molecule has 0 radical (unpaired) electrons. The maximum absolute atomic E-state index is 12.0. The summed E-state index contributed by atoms with van der Waals surface area (Å²) >= 11 is 0. The average molecular weight is 326 g/mol. The van der Waals surface area contributed by atoms with Crippen LogP contribution in [0.15, 0.2) is 42.5 Å². The van der Waals surface area contributed by atoms with Crippen LogP contribution in [-0.4, -0.2) is 18.4 Å². The van der Waals surface area contributed by atoms with Gasteiger partial charge < -0.3 is 15.8 Å². The van der Waals surface area contributed by atoms with Gasteiger partial charge in [-0.3, -0.25) is 9.59 Å². The average Bonchev–Trinajstić information content (AvgIpc) is 2.54. The van der Waals surface area contributed by atoms with Crippen LogP contribution in [0, 0.1) is 6.92 Å². The zero-order valence-corrected chi connectivity index (χ0v) is 14.1. The van der Waals surface area contributed by atoms with Crippen LogP contribution < -0.4 is 15.8 Å². The smallest absolute Gasteiger partial charge is 0.262 e. The summed E-state index contributed by atoms with van der Waals surface area (Å²) in [6.45, 7) is 6.08. The number of carbonyl (C=O) groups excluding carboxylic acids is 2. The molecule has 2 rings (SSSR count). The third kappa shape index (κ3) is 4.59. The SMILES string of the molecule is Cc1ccc(C(C)C)cc1OCC(=O)Nc1ccc(C(N)=O)cc1. The summed E-state index contributed by atoms with van der Waals surface area (Å²) in [5, 5.41) is 2.72. The monoisotopic (exact) mass is 326 g/mol. The van der Waals surface area contributed by atoms with E-state index in [1.54, 1.807) is 24.3 Å². The number of benzene rings is 2. The highest BCUT2D eigenvalue weighted by Crippen LogP contribution is 2.24. The summed E-state index contributed by atoms with van der Waals surface area (Å²) in [7, 11) is 0. The standard InChI is InChI=1S/C19H22N2O3/c1-12(2)15-5-4-13(3)17(10-15)24-11-18(22)21-16-8-6-14(7-9-16)19(20)23/h4-10,12H,11H2,1-3H3,(H2,20,23)(H,21,22). The van der Waals surface area contributed by atoms with Crippen LogP contribution in [0.25, 0.3) is 0 Å². The number of carbonyl (C=O) groups is 2. The highest BCUT2D eigenvalue weighted by molar-refractivity contribution is 5.95. The number of nitrogens with two attached hydrogens (primary N) is 1. The van der Waals surface area contributed by atoms with Crippen LogP contribution in [0.1, 0.15) is 41.3 Å². The summed E-state index contributed by atoms with van der Waals surface area (Å²) in [6.07, 6.45) is 0. The maximum Gasteiger partial charge on any atom is 0.262 e. The van der Waals surface area contributed by atoms with Gasteiger partial charge in [-0.15, -0.1) is 0 Å². The Hall–Kier alpha value is -2.82. The third-order valence-corrected chi connectivity index (χ3v) is 3.69. The second-order valence-electron chi connectivity index (χ2n) is 5.96. The van der Waals surface area contributed by atoms with Crippen molar-refractivity contribution in [1.29, 1.82) is 0 Å². The first-order valence-corrected chi connectivity index (χ1v) is 7.80. The molecule has 5 heteroatoms. The lowest BCUT2D eigenvalue weighted by Gasteiger charge is -2.13. The van der Waals surface area contributed by atoms with E-state index in [-0.39, 0.29) is 12.5 Å². The Bertz CT molecular complexity index is 737. The first-order chi connectivity index (χ1) is 11.4. The normalized spacial score (nSPS) is 10.5. The van der Waals surface area contributed by atoms with Crippen molar-refractivity contribution in [1.82, 2.24) is 0 Å². The molecule has 0 aliphatic carbocycles. The first kappa shape index (κ1) is 17.5. The molecule has 2 amide bonds. The molecule has 3 N–H and O–H groups in total. The highest BCUT2D eigenvalue weighted by Gasteiger charge is 2.08. The Morgan fingerprint density at radius 3 is 2.38 bits per heavy atom. The first-order valence-electron chi connectivity index (χ1n) is 7.80. The predicted molar refractivity (Wildman–Crippen MR) is 94.4 cm³/mol. The number of nitrogens with one attached hydrogen (secondary N) is 1. The minimum absolute atomic E-state index is 0.0834. The van der Waals surface area contributed by atoms with Gasteiger partial charge in [-0.25, -0.2) is 0 Å². The number of amides is 2. The molecule has 0 atom stereocenters. The van der Waals surface area contributed by atoms with E-state index in [2.05, 4.69) is 25.2 Å². The second-order valence-corrected chi connectivity index (χ2v) is 5.96. The van der Waals surface area contributed by atoms with Gasteiger partial charge in [0.25, 0.3) is 5.91 Å². The van der Waals surface area contributed by atoms with Gasteiger partial charge in [-0.1, -0.05) is 26.0 Å². The number of anilines is 1. The van der Waals surface area contributed by atoms with Gasteiger partial charge in [-0.2, -0.15) is 0 Å². The molecule has 0 spiro atoms. The molecule has 0 saturated carbocycles. The summed E-state index contributed by atoms with van der Waals surface area (Å²) in [5.74, 6) is 0.332. The topological polar surface area (TPSA) is 81.4 Å². The molecule has 0 bridgehead atoms. The Balaban J connectivity index is 1.96. The van der Waals surface area contributed by atoms with Gasteiger partial charge in [0.2, 0.25) is 5.91 Å². The van der Waals surface area contributed by atoms with Crippen molar-refractivity contribution < 1.29 is 14.3 Å². The lowest BCUT2D eigenvalue weighted by atomic mass is 10.0. The van der Waals surface area contributed by atoms with E-state index in [4.69, 9.17) is 10.5 Å². The molecule has 24 heavy (non-hydrogen) atoms. The second kappa shape index (κ2) is 7.64. The van der Waals surface area contributed by atoms with Crippen LogP contribution in [0.5, 0.6) is 5.75 Å². The van der Waals surface area contributed by atoms with Gasteiger partial charge in [0.1, 0.15) is 5.75 Å². The molecule has 5 nitrogen and oxygen atoms in total. The van der Waals surface area contributed by atoms with Crippen molar-refractivity contribution >= 4 is 17.5 Å². The number of hydrogen-bond acceptors (Lipinski definition) is 3. The Morgan fingerprint density at radius 2 is 1.79 bits per heavy atom. The minimum Gasteiger partial charge on any atom is -0.483 e. The van der Waals surface area contributed by atoms with Crippen molar-refractivity contribution in [3.8, 4) is 5.75 Å². The zero-order valence-electron chi connectivity index (χ0n) is 14.1. The van der Waals surface area contributed by atoms with Crippen molar-refractivity contribution in [2.24, 2.45) is 5.73 Å². The van der Waals surface area contributed by atoms with E-state index < -0.39 is 5.91 Å². The molecule has 0 unspecified atom stereocenters. The Kier molecular flexibility index (Phi) is 5.58. The predicted octanol–water partition coefficient (Wildman–Crippen LogP) is 3.23. The molecule has 0 fully saturated rings. The van der Waals surface area contributed by atoms with E-state index in [1.165, 1.54) is 0 Å². The summed E-state index contributed by atoms with van der Waals surface area (Å²) in [4.78, 5) is 23.0. The van der Waals surface area contributed by atoms with Crippen LogP contribution in [-0.2, 0) is 4.79 Å².